The molecule has 33 heavy (non-hydrogen) atoms. The predicted molar refractivity (Wildman–Crippen MR) is 120 cm³/mol. The molecule has 0 aliphatic carbocycles. The van der Waals surface area contributed by atoms with Crippen molar-refractivity contribution in [3.63, 3.8) is 0 Å². The molecule has 0 spiro atoms. The Morgan fingerprint density at radius 1 is 1.09 bits per heavy atom. The first-order valence-electron chi connectivity index (χ1n) is 9.55. The summed E-state index contributed by atoms with van der Waals surface area (Å²) in [6, 6.07) is 11.4. The van der Waals surface area contributed by atoms with E-state index in [-0.39, 0.29) is 13.0 Å². The number of fused-ring (bicyclic) bond motifs is 1. The molecule has 2 aromatic carbocycles. The topological polar surface area (TPSA) is 110 Å². The number of thiophene rings is 1. The third kappa shape index (κ3) is 4.82. The van der Waals surface area contributed by atoms with Gasteiger partial charge in [0.15, 0.2) is 11.6 Å². The Morgan fingerprint density at radius 3 is 2.58 bits per heavy atom. The molecule has 4 rings (SSSR count). The van der Waals surface area contributed by atoms with Gasteiger partial charge in [0, 0.05) is 23.9 Å². The number of nitrogens with zero attached hydrogens (tertiary/aromatic N) is 2. The van der Waals surface area contributed by atoms with Crippen molar-refractivity contribution >= 4 is 37.5 Å². The third-order valence-corrected chi connectivity index (χ3v) is 7.02. The first-order valence-corrected chi connectivity index (χ1v) is 11.9. The molecule has 1 amide bonds. The number of carbonyl (C=O) groups excluding carboxylic acids is 1. The van der Waals surface area contributed by atoms with E-state index in [0.717, 1.165) is 16.3 Å². The number of hydrogen-bond donors (Lipinski definition) is 2. The van der Waals surface area contributed by atoms with Gasteiger partial charge in [-0.15, -0.1) is 11.3 Å². The number of aromatic nitrogens is 2. The molecule has 2 N–H and O–H groups in total. The Balaban J connectivity index is 1.45. The molecule has 0 atom stereocenters. The van der Waals surface area contributed by atoms with Crippen LogP contribution in [0.3, 0.4) is 0 Å². The van der Waals surface area contributed by atoms with E-state index < -0.39 is 38.0 Å². The summed E-state index contributed by atoms with van der Waals surface area (Å²) in [5, 5.41) is 2.17. The van der Waals surface area contributed by atoms with Crippen LogP contribution in [0, 0.1) is 11.6 Å². The van der Waals surface area contributed by atoms with Gasteiger partial charge in [-0.3, -0.25) is 15.0 Å². The van der Waals surface area contributed by atoms with Crippen LogP contribution < -0.4 is 15.7 Å². The van der Waals surface area contributed by atoms with Crippen molar-refractivity contribution in [3.8, 4) is 11.1 Å². The van der Waals surface area contributed by atoms with Gasteiger partial charge in [-0.1, -0.05) is 30.3 Å². The molecule has 2 heterocycles. The minimum Gasteiger partial charge on any atom is -0.273 e. The first kappa shape index (κ1) is 22.7. The number of benzene rings is 2. The van der Waals surface area contributed by atoms with Crippen molar-refractivity contribution in [1.29, 1.82) is 0 Å². The van der Waals surface area contributed by atoms with E-state index in [1.54, 1.807) is 0 Å². The molecular formula is C21H16F2N4O4S2. The Bertz CT molecular complexity index is 1500. The van der Waals surface area contributed by atoms with E-state index in [1.165, 1.54) is 17.7 Å². The van der Waals surface area contributed by atoms with Gasteiger partial charge in [0.05, 0.1) is 10.3 Å². The molecular weight excluding hydrogens is 474 g/mol. The van der Waals surface area contributed by atoms with Crippen molar-refractivity contribution in [2.75, 3.05) is 12.0 Å². The van der Waals surface area contributed by atoms with Crippen LogP contribution in [-0.2, 0) is 14.8 Å². The number of carbonyl (C=O) groups is 1. The number of rotatable bonds is 7. The van der Waals surface area contributed by atoms with Crippen LogP contribution in [-0.4, -0.2) is 30.5 Å². The van der Waals surface area contributed by atoms with E-state index in [4.69, 9.17) is 0 Å². The van der Waals surface area contributed by atoms with Gasteiger partial charge in [-0.05, 0) is 23.8 Å². The molecule has 12 heteroatoms. The fourth-order valence-electron chi connectivity index (χ4n) is 3.06. The van der Waals surface area contributed by atoms with Crippen LogP contribution in [0.5, 0.6) is 0 Å². The lowest BCUT2D eigenvalue weighted by atomic mass is 10.1. The summed E-state index contributed by atoms with van der Waals surface area (Å²) in [5.74, 6) is -3.13. The fraction of sp³-hybridized carbons (Fsp3) is 0.0952. The number of hydrogen-bond acceptors (Lipinski definition) is 6. The maximum absolute atomic E-state index is 13.3. The van der Waals surface area contributed by atoms with Crippen molar-refractivity contribution in [1.82, 2.24) is 14.4 Å². The maximum Gasteiger partial charge on any atom is 0.281 e. The maximum atomic E-state index is 13.3. The highest BCUT2D eigenvalue weighted by molar-refractivity contribution is 7.89. The van der Waals surface area contributed by atoms with Gasteiger partial charge < -0.3 is 0 Å². The summed E-state index contributed by atoms with van der Waals surface area (Å²) in [4.78, 5) is 29.5. The monoisotopic (exact) mass is 490 g/mol. The highest BCUT2D eigenvalue weighted by Gasteiger charge is 2.18. The Labute approximate surface area is 190 Å². The molecule has 0 saturated carbocycles. The number of nitrogens with one attached hydrogen (secondary N) is 2. The zero-order valence-electron chi connectivity index (χ0n) is 16.8. The average molecular weight is 491 g/mol. The summed E-state index contributed by atoms with van der Waals surface area (Å²) in [6.07, 6.45) is 0.863. The zero-order chi connectivity index (χ0) is 23.6. The second-order valence-electron chi connectivity index (χ2n) is 6.87. The minimum absolute atomic E-state index is 0.317. The summed E-state index contributed by atoms with van der Waals surface area (Å²) < 4.78 is 53.7. The lowest BCUT2D eigenvalue weighted by Crippen LogP contribution is -2.35. The van der Waals surface area contributed by atoms with Crippen LogP contribution in [0.1, 0.15) is 6.42 Å². The molecule has 0 unspecified atom stereocenters. The standard InChI is InChI=1S/C21H16F2N4O4S2/c22-16-7-6-14(10-17(16)23)33(30,31)25-9-8-18(28)26-27-12-24-20-19(21(27)29)15(11-32-20)13-4-2-1-3-5-13/h1-7,10-12,25H,8-9H2,(H,26,28). The molecule has 2 aromatic heterocycles. The SMILES string of the molecule is O=C(CCNS(=O)(=O)c1ccc(F)c(F)c1)Nn1cnc2scc(-c3ccccc3)c2c1=O. The van der Waals surface area contributed by atoms with E-state index in [2.05, 4.69) is 15.1 Å². The fourth-order valence-corrected chi connectivity index (χ4v) is 5.01. The first-order chi connectivity index (χ1) is 15.8. The summed E-state index contributed by atoms with van der Waals surface area (Å²) >= 11 is 1.30. The van der Waals surface area contributed by atoms with Crippen molar-refractivity contribution in [3.05, 3.63) is 82.2 Å². The van der Waals surface area contributed by atoms with Crippen LogP contribution in [0.4, 0.5) is 8.78 Å². The van der Waals surface area contributed by atoms with E-state index in [9.17, 15) is 26.8 Å². The molecule has 0 saturated heterocycles. The molecule has 170 valence electrons. The van der Waals surface area contributed by atoms with E-state index in [1.807, 2.05) is 35.7 Å². The normalized spacial score (nSPS) is 11.6. The highest BCUT2D eigenvalue weighted by atomic mass is 32.2. The lowest BCUT2D eigenvalue weighted by molar-refractivity contribution is -0.117. The third-order valence-electron chi connectivity index (χ3n) is 4.67. The average Bonchev–Trinajstić information content (AvgIpc) is 3.23. The van der Waals surface area contributed by atoms with Crippen molar-refractivity contribution in [2.45, 2.75) is 11.3 Å². The molecule has 0 fully saturated rings. The van der Waals surface area contributed by atoms with Gasteiger partial charge in [-0.25, -0.2) is 31.6 Å². The molecule has 0 radical (unpaired) electrons. The van der Waals surface area contributed by atoms with Crippen LogP contribution >= 0.6 is 11.3 Å². The zero-order valence-corrected chi connectivity index (χ0v) is 18.4. The minimum atomic E-state index is -4.15. The quantitative estimate of drug-likeness (QED) is 0.414. The van der Waals surface area contributed by atoms with Crippen LogP contribution in [0.25, 0.3) is 21.3 Å². The number of amides is 1. The van der Waals surface area contributed by atoms with Gasteiger partial charge >= 0.3 is 0 Å². The lowest BCUT2D eigenvalue weighted by Gasteiger charge is -2.09. The molecule has 4 aromatic rings. The van der Waals surface area contributed by atoms with Gasteiger partial charge in [0.1, 0.15) is 11.2 Å². The van der Waals surface area contributed by atoms with Crippen LogP contribution in [0.15, 0.2) is 69.9 Å². The largest absolute Gasteiger partial charge is 0.281 e. The number of halogens is 2. The van der Waals surface area contributed by atoms with Gasteiger partial charge in [0.25, 0.3) is 5.56 Å². The summed E-state index contributed by atoms with van der Waals surface area (Å²) in [5.41, 5.74) is 3.42. The van der Waals surface area contributed by atoms with Gasteiger partial charge in [0.2, 0.25) is 15.9 Å². The smallest absolute Gasteiger partial charge is 0.273 e. The van der Waals surface area contributed by atoms with Crippen molar-refractivity contribution in [2.24, 2.45) is 0 Å². The van der Waals surface area contributed by atoms with Crippen molar-refractivity contribution < 1.29 is 22.0 Å². The van der Waals surface area contributed by atoms with E-state index >= 15 is 0 Å². The van der Waals surface area contributed by atoms with Crippen LogP contribution in [0.2, 0.25) is 0 Å². The second kappa shape index (κ2) is 9.17. The van der Waals surface area contributed by atoms with E-state index in [0.29, 0.717) is 27.9 Å². The Morgan fingerprint density at radius 2 is 1.85 bits per heavy atom. The second-order valence-corrected chi connectivity index (χ2v) is 9.50. The highest BCUT2D eigenvalue weighted by Crippen LogP contribution is 2.30. The number of sulfonamides is 1. The summed E-state index contributed by atoms with van der Waals surface area (Å²) in [7, 11) is -4.15. The molecule has 0 aliphatic heterocycles. The Kier molecular flexibility index (Phi) is 6.31. The molecule has 8 nitrogen and oxygen atoms in total. The molecule has 0 bridgehead atoms. The Hall–Kier alpha value is -3.48. The predicted octanol–water partition coefficient (Wildman–Crippen LogP) is 2.84. The molecule has 0 aliphatic rings. The van der Waals surface area contributed by atoms with Gasteiger partial charge in [-0.2, -0.15) is 0 Å². The summed E-state index contributed by atoms with van der Waals surface area (Å²) in [6.45, 7) is -0.328.